The maximum Gasteiger partial charge on any atom is 0.144 e. The SMILES string of the molecule is CCC(OC)C(C)=[P+]([O-])c1ccccc1. The van der Waals surface area contributed by atoms with E-state index in [1.807, 2.05) is 44.2 Å². The summed E-state index contributed by atoms with van der Waals surface area (Å²) in [6, 6.07) is 9.53. The van der Waals surface area contributed by atoms with E-state index in [4.69, 9.17) is 4.74 Å². The number of methoxy groups -OCH3 is 1. The van der Waals surface area contributed by atoms with Crippen LogP contribution in [0.2, 0.25) is 0 Å². The average Bonchev–Trinajstić information content (AvgIpc) is 2.30. The second kappa shape index (κ2) is 6.02. The van der Waals surface area contributed by atoms with E-state index in [9.17, 15) is 4.89 Å². The second-order valence-corrected chi connectivity index (χ2v) is 5.21. The lowest BCUT2D eigenvalue weighted by Crippen LogP contribution is -2.23. The average molecular weight is 224 g/mol. The number of rotatable bonds is 4. The maximum atomic E-state index is 12.1. The summed E-state index contributed by atoms with van der Waals surface area (Å²) in [4.78, 5) is 12.1. The molecule has 0 heterocycles. The molecule has 2 unspecified atom stereocenters. The third kappa shape index (κ3) is 3.13. The maximum absolute atomic E-state index is 12.1. The van der Waals surface area contributed by atoms with Gasteiger partial charge in [0.15, 0.2) is 0 Å². The Kier molecular flexibility index (Phi) is 4.97. The molecular weight excluding hydrogens is 207 g/mol. The summed E-state index contributed by atoms with van der Waals surface area (Å²) in [5.41, 5.74) is 0. The Morgan fingerprint density at radius 2 is 2.00 bits per heavy atom. The molecule has 82 valence electrons. The van der Waals surface area contributed by atoms with Crippen molar-refractivity contribution in [3.8, 4) is 0 Å². The molecule has 0 radical (unpaired) electrons. The molecule has 0 fully saturated rings. The molecule has 0 aliphatic rings. The van der Waals surface area contributed by atoms with E-state index < -0.39 is 7.77 Å². The van der Waals surface area contributed by atoms with Crippen molar-refractivity contribution in [1.29, 1.82) is 0 Å². The predicted molar refractivity (Wildman–Crippen MR) is 64.8 cm³/mol. The lowest BCUT2D eigenvalue weighted by molar-refractivity contribution is -0.150. The largest absolute Gasteiger partial charge is 0.626 e. The van der Waals surface area contributed by atoms with Gasteiger partial charge in [-0.15, -0.1) is 0 Å². The van der Waals surface area contributed by atoms with Crippen LogP contribution in [0.4, 0.5) is 0 Å². The highest BCUT2D eigenvalue weighted by molar-refractivity contribution is 7.59. The van der Waals surface area contributed by atoms with Crippen molar-refractivity contribution in [3.05, 3.63) is 30.3 Å². The fourth-order valence-corrected chi connectivity index (χ4v) is 2.93. The van der Waals surface area contributed by atoms with Gasteiger partial charge in [0.2, 0.25) is 0 Å². The molecule has 0 saturated carbocycles. The number of hydrogen-bond donors (Lipinski definition) is 0. The fraction of sp³-hybridized carbons (Fsp3) is 0.417. The van der Waals surface area contributed by atoms with Crippen LogP contribution in [-0.2, 0) is 4.74 Å². The van der Waals surface area contributed by atoms with E-state index in [-0.39, 0.29) is 6.10 Å². The number of benzene rings is 1. The van der Waals surface area contributed by atoms with Crippen molar-refractivity contribution in [2.24, 2.45) is 0 Å². The molecule has 0 saturated heterocycles. The Labute approximate surface area is 92.4 Å². The van der Waals surface area contributed by atoms with Gasteiger partial charge in [0.05, 0.1) is 7.77 Å². The molecule has 0 aliphatic heterocycles. The molecule has 1 aromatic carbocycles. The topological polar surface area (TPSA) is 32.3 Å². The quantitative estimate of drug-likeness (QED) is 0.729. The van der Waals surface area contributed by atoms with Crippen LogP contribution in [0.5, 0.6) is 0 Å². The fourth-order valence-electron chi connectivity index (χ4n) is 1.53. The smallest absolute Gasteiger partial charge is 0.144 e. The molecule has 2 atom stereocenters. The van der Waals surface area contributed by atoms with E-state index >= 15 is 0 Å². The molecule has 1 aromatic rings. The van der Waals surface area contributed by atoms with Gasteiger partial charge in [-0.25, -0.2) is 0 Å². The lowest BCUT2D eigenvalue weighted by atomic mass is 10.2. The molecule has 0 N–H and O–H groups in total. The van der Waals surface area contributed by atoms with Crippen LogP contribution in [-0.4, -0.2) is 18.5 Å². The van der Waals surface area contributed by atoms with Crippen LogP contribution in [0.3, 0.4) is 0 Å². The van der Waals surface area contributed by atoms with Crippen LogP contribution < -0.4 is 10.2 Å². The summed E-state index contributed by atoms with van der Waals surface area (Å²) in [5.74, 6) is 0. The van der Waals surface area contributed by atoms with Gasteiger partial charge in [0, 0.05) is 7.11 Å². The summed E-state index contributed by atoms with van der Waals surface area (Å²) in [6.07, 6.45) is 0.852. The highest BCUT2D eigenvalue weighted by Gasteiger charge is 2.17. The Morgan fingerprint density at radius 3 is 2.47 bits per heavy atom. The van der Waals surface area contributed by atoms with Gasteiger partial charge < -0.3 is 9.63 Å². The van der Waals surface area contributed by atoms with Crippen molar-refractivity contribution in [2.75, 3.05) is 7.11 Å². The van der Waals surface area contributed by atoms with Crippen LogP contribution in [0, 0.1) is 0 Å². The van der Waals surface area contributed by atoms with E-state index in [2.05, 4.69) is 0 Å². The molecule has 0 bridgehead atoms. The molecule has 0 spiro atoms. The minimum Gasteiger partial charge on any atom is -0.626 e. The molecule has 0 amide bonds. The van der Waals surface area contributed by atoms with Crippen molar-refractivity contribution in [2.45, 2.75) is 26.4 Å². The number of hydrogen-bond acceptors (Lipinski definition) is 2. The first kappa shape index (κ1) is 12.4. The zero-order valence-corrected chi connectivity index (χ0v) is 10.3. The second-order valence-electron chi connectivity index (χ2n) is 3.40. The minimum absolute atomic E-state index is 0.00572. The zero-order valence-electron chi connectivity index (χ0n) is 9.43. The minimum atomic E-state index is -1.45. The van der Waals surface area contributed by atoms with Gasteiger partial charge in [-0.05, 0) is 25.5 Å². The first-order valence-electron chi connectivity index (χ1n) is 5.09. The Balaban J connectivity index is 2.99. The molecule has 15 heavy (non-hydrogen) atoms. The Hall–Kier alpha value is -0.690. The summed E-state index contributed by atoms with van der Waals surface area (Å²) >= 11 is 0. The van der Waals surface area contributed by atoms with Crippen molar-refractivity contribution < 1.29 is 9.63 Å². The van der Waals surface area contributed by atoms with Gasteiger partial charge in [-0.2, -0.15) is 0 Å². The number of ether oxygens (including phenoxy) is 1. The van der Waals surface area contributed by atoms with Crippen molar-refractivity contribution in [3.63, 3.8) is 0 Å². The van der Waals surface area contributed by atoms with Crippen LogP contribution in [0.25, 0.3) is 0 Å². The van der Waals surface area contributed by atoms with Gasteiger partial charge in [0.25, 0.3) is 0 Å². The molecule has 2 nitrogen and oxygen atoms in total. The van der Waals surface area contributed by atoms with Gasteiger partial charge >= 0.3 is 0 Å². The molecule has 1 rings (SSSR count). The van der Waals surface area contributed by atoms with Gasteiger partial charge in [-0.1, -0.05) is 25.1 Å². The normalized spacial score (nSPS) is 14.7. The lowest BCUT2D eigenvalue weighted by Gasteiger charge is -2.12. The highest BCUT2D eigenvalue weighted by Crippen LogP contribution is 2.17. The first-order valence-corrected chi connectivity index (χ1v) is 6.35. The van der Waals surface area contributed by atoms with Crippen molar-refractivity contribution in [1.82, 2.24) is 0 Å². The summed E-state index contributed by atoms with van der Waals surface area (Å²) in [5, 5.41) is 1.79. The van der Waals surface area contributed by atoms with E-state index in [1.54, 1.807) is 7.11 Å². The predicted octanol–water partition coefficient (Wildman–Crippen LogP) is 1.69. The molecule has 0 aliphatic carbocycles. The summed E-state index contributed by atoms with van der Waals surface area (Å²) in [6.45, 7) is 3.94. The van der Waals surface area contributed by atoms with Crippen LogP contribution in [0.15, 0.2) is 30.3 Å². The standard InChI is InChI=1S/C12H17O2P/c1-4-12(14-3)10(2)15(13)11-8-6-5-7-9-11/h5-9,12H,4H2,1-3H3. The summed E-state index contributed by atoms with van der Waals surface area (Å²) in [7, 11) is 0.212. The van der Waals surface area contributed by atoms with Gasteiger partial charge in [-0.3, -0.25) is 0 Å². The van der Waals surface area contributed by atoms with Gasteiger partial charge in [0.1, 0.15) is 16.7 Å². The van der Waals surface area contributed by atoms with Crippen LogP contribution in [0.1, 0.15) is 20.3 Å². The van der Waals surface area contributed by atoms with Crippen LogP contribution >= 0.6 is 7.77 Å². The molecular formula is C12H17O2P. The zero-order chi connectivity index (χ0) is 11.3. The summed E-state index contributed by atoms with van der Waals surface area (Å²) < 4.78 is 5.28. The van der Waals surface area contributed by atoms with E-state index in [0.29, 0.717) is 0 Å². The Morgan fingerprint density at radius 1 is 1.40 bits per heavy atom. The Bertz CT molecular complexity index is 329. The molecule has 3 heteroatoms. The van der Waals surface area contributed by atoms with Crippen molar-refractivity contribution >= 4 is 18.4 Å². The third-order valence-electron chi connectivity index (χ3n) is 2.43. The highest BCUT2D eigenvalue weighted by atomic mass is 31.1. The molecule has 0 aromatic heterocycles. The first-order chi connectivity index (χ1) is 7.20. The van der Waals surface area contributed by atoms with E-state index in [0.717, 1.165) is 17.0 Å². The monoisotopic (exact) mass is 224 g/mol. The third-order valence-corrected chi connectivity index (χ3v) is 4.13. The van der Waals surface area contributed by atoms with E-state index in [1.165, 1.54) is 0 Å².